The molecule has 1 atom stereocenters. The van der Waals surface area contributed by atoms with Crippen LogP contribution in [0.2, 0.25) is 0 Å². The fourth-order valence-corrected chi connectivity index (χ4v) is 5.02. The average Bonchev–Trinajstić information content (AvgIpc) is 3.62. The van der Waals surface area contributed by atoms with Crippen molar-refractivity contribution in [3.05, 3.63) is 76.0 Å². The van der Waals surface area contributed by atoms with Gasteiger partial charge in [-0.2, -0.15) is 5.10 Å². The van der Waals surface area contributed by atoms with E-state index in [1.165, 1.54) is 17.7 Å². The number of likely N-dealkylation sites (tertiary alicyclic amines) is 1. The first-order valence-electron chi connectivity index (χ1n) is 13.1. The number of rotatable bonds is 8. The topological polar surface area (TPSA) is 132 Å². The number of hydrogen-bond donors (Lipinski definition) is 2. The maximum absolute atomic E-state index is 13.7. The second-order valence-corrected chi connectivity index (χ2v) is 10.1. The molecule has 0 radical (unpaired) electrons. The minimum absolute atomic E-state index is 0.000821. The summed E-state index contributed by atoms with van der Waals surface area (Å²) in [5, 5.41) is 17.0. The SMILES string of the molecule is COc1c(-c2cnn(C)c2)cnc2c1cc(C(=O)NCc1ccc(C)cc1)c(=O)n2CC(=O)N1CCC(CO)C1. The first-order chi connectivity index (χ1) is 19.3. The smallest absolute Gasteiger partial charge is 0.265 e. The predicted octanol–water partition coefficient (Wildman–Crippen LogP) is 1.88. The first kappa shape index (κ1) is 27.1. The van der Waals surface area contributed by atoms with E-state index in [0.29, 0.717) is 36.2 Å². The summed E-state index contributed by atoms with van der Waals surface area (Å²) < 4.78 is 8.67. The van der Waals surface area contributed by atoms with Crippen LogP contribution in [-0.4, -0.2) is 68.0 Å². The van der Waals surface area contributed by atoms with Crippen molar-refractivity contribution < 1.29 is 19.4 Å². The Morgan fingerprint density at radius 1 is 1.20 bits per heavy atom. The number of fused-ring (bicyclic) bond motifs is 1. The second kappa shape index (κ2) is 11.3. The van der Waals surface area contributed by atoms with Gasteiger partial charge in [0.25, 0.3) is 11.5 Å². The van der Waals surface area contributed by atoms with Crippen molar-refractivity contribution in [2.45, 2.75) is 26.4 Å². The molecule has 1 unspecified atom stereocenters. The van der Waals surface area contributed by atoms with E-state index in [9.17, 15) is 19.5 Å². The van der Waals surface area contributed by atoms with E-state index in [4.69, 9.17) is 4.74 Å². The lowest BCUT2D eigenvalue weighted by molar-refractivity contribution is -0.130. The van der Waals surface area contributed by atoms with Gasteiger partial charge in [-0.1, -0.05) is 29.8 Å². The third-order valence-corrected chi connectivity index (χ3v) is 7.29. The first-order valence-corrected chi connectivity index (χ1v) is 13.1. The molecule has 1 saturated heterocycles. The number of methoxy groups -OCH3 is 1. The van der Waals surface area contributed by atoms with Crippen LogP contribution in [0.25, 0.3) is 22.2 Å². The number of ether oxygens (including phenoxy) is 1. The van der Waals surface area contributed by atoms with E-state index < -0.39 is 11.5 Å². The van der Waals surface area contributed by atoms with Crippen molar-refractivity contribution in [3.8, 4) is 16.9 Å². The number of carbonyl (C=O) groups is 2. The molecule has 0 aliphatic carbocycles. The van der Waals surface area contributed by atoms with Gasteiger partial charge in [0.2, 0.25) is 5.91 Å². The summed E-state index contributed by atoms with van der Waals surface area (Å²) in [6.07, 6.45) is 5.75. The minimum Gasteiger partial charge on any atom is -0.495 e. The van der Waals surface area contributed by atoms with Crippen LogP contribution in [0.1, 0.15) is 27.9 Å². The van der Waals surface area contributed by atoms with Crippen molar-refractivity contribution in [1.29, 1.82) is 0 Å². The molecule has 208 valence electrons. The molecule has 2 amide bonds. The third kappa shape index (κ3) is 5.32. The molecule has 5 rings (SSSR count). The number of nitrogens with one attached hydrogen (secondary N) is 1. The lowest BCUT2D eigenvalue weighted by atomic mass is 10.1. The molecule has 2 N–H and O–H groups in total. The highest BCUT2D eigenvalue weighted by Crippen LogP contribution is 2.35. The fraction of sp³-hybridized carbons (Fsp3) is 0.345. The molecule has 11 nitrogen and oxygen atoms in total. The van der Waals surface area contributed by atoms with Crippen LogP contribution in [0.15, 0.2) is 53.7 Å². The van der Waals surface area contributed by atoms with Gasteiger partial charge < -0.3 is 20.1 Å². The number of aliphatic hydroxyl groups excluding tert-OH is 1. The van der Waals surface area contributed by atoms with Crippen LogP contribution in [0, 0.1) is 12.8 Å². The Bertz CT molecular complexity index is 1620. The summed E-state index contributed by atoms with van der Waals surface area (Å²) in [4.78, 5) is 46.5. The van der Waals surface area contributed by atoms with E-state index >= 15 is 0 Å². The zero-order valence-electron chi connectivity index (χ0n) is 22.8. The zero-order valence-corrected chi connectivity index (χ0v) is 22.8. The van der Waals surface area contributed by atoms with Gasteiger partial charge in [0.1, 0.15) is 23.5 Å². The molecular weight excluding hydrogens is 512 g/mol. The molecular formula is C29H32N6O5. The Kier molecular flexibility index (Phi) is 7.65. The molecule has 0 spiro atoms. The quantitative estimate of drug-likeness (QED) is 0.346. The average molecular weight is 545 g/mol. The van der Waals surface area contributed by atoms with E-state index in [-0.39, 0.29) is 42.7 Å². The fourth-order valence-electron chi connectivity index (χ4n) is 5.02. The van der Waals surface area contributed by atoms with Gasteiger partial charge in [0, 0.05) is 62.7 Å². The van der Waals surface area contributed by atoms with Gasteiger partial charge in [0.15, 0.2) is 0 Å². The molecule has 3 aromatic heterocycles. The number of aromatic nitrogens is 4. The molecule has 4 aromatic rings. The van der Waals surface area contributed by atoms with Crippen molar-refractivity contribution in [3.63, 3.8) is 0 Å². The largest absolute Gasteiger partial charge is 0.495 e. The zero-order chi connectivity index (χ0) is 28.4. The number of aryl methyl sites for hydroxylation is 2. The lowest BCUT2D eigenvalue weighted by Crippen LogP contribution is -2.38. The number of hydrogen-bond acceptors (Lipinski definition) is 7. The summed E-state index contributed by atoms with van der Waals surface area (Å²) in [5.74, 6) is -0.428. The normalized spacial score (nSPS) is 15.0. The highest BCUT2D eigenvalue weighted by atomic mass is 16.5. The van der Waals surface area contributed by atoms with Crippen LogP contribution in [-0.2, 0) is 24.9 Å². The van der Waals surface area contributed by atoms with Gasteiger partial charge in [-0.25, -0.2) is 4.98 Å². The molecule has 0 saturated carbocycles. The number of aliphatic hydroxyl groups is 1. The van der Waals surface area contributed by atoms with E-state index in [1.807, 2.05) is 37.4 Å². The van der Waals surface area contributed by atoms with Crippen LogP contribution in [0.5, 0.6) is 5.75 Å². The number of amides is 2. The van der Waals surface area contributed by atoms with Gasteiger partial charge in [0.05, 0.1) is 18.7 Å². The number of benzene rings is 1. The van der Waals surface area contributed by atoms with Crippen molar-refractivity contribution >= 4 is 22.8 Å². The lowest BCUT2D eigenvalue weighted by Gasteiger charge is -2.19. The highest BCUT2D eigenvalue weighted by molar-refractivity contribution is 6.00. The molecule has 1 aliphatic heterocycles. The third-order valence-electron chi connectivity index (χ3n) is 7.29. The van der Waals surface area contributed by atoms with Gasteiger partial charge in [-0.15, -0.1) is 0 Å². The summed E-state index contributed by atoms with van der Waals surface area (Å²) in [6.45, 7) is 2.83. The molecule has 11 heteroatoms. The van der Waals surface area contributed by atoms with E-state index in [1.54, 1.807) is 29.0 Å². The highest BCUT2D eigenvalue weighted by Gasteiger charge is 2.28. The molecule has 1 fully saturated rings. The molecule has 1 aliphatic rings. The van der Waals surface area contributed by atoms with Crippen molar-refractivity contribution in [1.82, 2.24) is 29.5 Å². The van der Waals surface area contributed by atoms with E-state index in [2.05, 4.69) is 15.4 Å². The number of nitrogens with zero attached hydrogens (tertiary/aromatic N) is 5. The van der Waals surface area contributed by atoms with Crippen LogP contribution < -0.4 is 15.6 Å². The standard InChI is InChI=1S/C29H32N6O5/c1-18-4-6-19(7-5-18)11-31-28(38)23-10-22-26(40-3)24(21-12-32-33(2)15-21)13-30-27(22)35(29(23)39)16-25(37)34-9-8-20(14-34)17-36/h4-7,10,12-13,15,20,36H,8-9,11,14,16-17H2,1-3H3,(H,31,38). The maximum Gasteiger partial charge on any atom is 0.265 e. The second-order valence-electron chi connectivity index (χ2n) is 10.1. The minimum atomic E-state index is -0.621. The summed E-state index contributed by atoms with van der Waals surface area (Å²) in [7, 11) is 3.30. The van der Waals surface area contributed by atoms with Crippen molar-refractivity contribution in [2.24, 2.45) is 13.0 Å². The Balaban J connectivity index is 1.58. The molecule has 40 heavy (non-hydrogen) atoms. The Hall–Kier alpha value is -4.51. The van der Waals surface area contributed by atoms with Gasteiger partial charge in [-0.05, 0) is 25.0 Å². The van der Waals surface area contributed by atoms with Crippen molar-refractivity contribution in [2.75, 3.05) is 26.8 Å². The summed E-state index contributed by atoms with van der Waals surface area (Å²) in [5.41, 5.74) is 2.87. The van der Waals surface area contributed by atoms with Crippen LogP contribution in [0.3, 0.4) is 0 Å². The Morgan fingerprint density at radius 3 is 2.62 bits per heavy atom. The van der Waals surface area contributed by atoms with Gasteiger partial charge >= 0.3 is 0 Å². The maximum atomic E-state index is 13.7. The Morgan fingerprint density at radius 2 is 1.98 bits per heavy atom. The van der Waals surface area contributed by atoms with Crippen LogP contribution >= 0.6 is 0 Å². The molecule has 0 bridgehead atoms. The number of carbonyl (C=O) groups excluding carboxylic acids is 2. The summed E-state index contributed by atoms with van der Waals surface area (Å²) in [6, 6.07) is 9.20. The van der Waals surface area contributed by atoms with E-state index in [0.717, 1.165) is 16.7 Å². The molecule has 1 aromatic carbocycles. The molecule has 4 heterocycles. The number of pyridine rings is 2. The predicted molar refractivity (Wildman–Crippen MR) is 149 cm³/mol. The Labute approximate surface area is 231 Å². The van der Waals surface area contributed by atoms with Crippen LogP contribution in [0.4, 0.5) is 0 Å². The van der Waals surface area contributed by atoms with Gasteiger partial charge in [-0.3, -0.25) is 23.6 Å². The summed E-state index contributed by atoms with van der Waals surface area (Å²) >= 11 is 0. The monoisotopic (exact) mass is 544 g/mol.